The average Bonchev–Trinajstić information content (AvgIpc) is 3.54. The number of carbonyl (C=O) groups is 1. The Kier molecular flexibility index (Phi) is 8.35. The summed E-state index contributed by atoms with van der Waals surface area (Å²) < 4.78 is 33.3. The summed E-state index contributed by atoms with van der Waals surface area (Å²) >= 11 is 0. The normalized spacial score (nSPS) is 13.4. The van der Waals surface area contributed by atoms with Gasteiger partial charge in [0, 0.05) is 61.2 Å². The minimum absolute atomic E-state index is 0.0628. The Morgan fingerprint density at radius 3 is 2.64 bits per heavy atom. The van der Waals surface area contributed by atoms with Crippen molar-refractivity contribution in [1.82, 2.24) is 34.6 Å². The van der Waals surface area contributed by atoms with Crippen molar-refractivity contribution in [2.75, 3.05) is 37.9 Å². The van der Waals surface area contributed by atoms with Crippen molar-refractivity contribution < 1.29 is 23.4 Å². The lowest BCUT2D eigenvalue weighted by molar-refractivity contribution is -0.126. The summed E-state index contributed by atoms with van der Waals surface area (Å²) in [5.74, 6) is 1.42. The minimum atomic E-state index is -0.549. The number of hydrogen-bond acceptors (Lipinski definition) is 11. The number of nitrogens with zero attached hydrogens (tertiary/aromatic N) is 7. The highest BCUT2D eigenvalue weighted by Gasteiger charge is 2.23. The van der Waals surface area contributed by atoms with Gasteiger partial charge in [-0.25, -0.2) is 24.0 Å². The molecule has 2 aromatic carbocycles. The second kappa shape index (κ2) is 12.8. The van der Waals surface area contributed by atoms with Crippen LogP contribution in [0.4, 0.5) is 21.6 Å². The molecule has 1 fully saturated rings. The molecule has 6 rings (SSSR count). The zero-order valence-electron chi connectivity index (χ0n) is 24.6. The van der Waals surface area contributed by atoms with Crippen LogP contribution in [0.3, 0.4) is 0 Å². The maximum atomic E-state index is 15.3. The molecule has 0 atom stereocenters. The van der Waals surface area contributed by atoms with Crippen molar-refractivity contribution in [3.8, 4) is 29.2 Å². The highest BCUT2D eigenvalue weighted by Crippen LogP contribution is 2.35. The van der Waals surface area contributed by atoms with Gasteiger partial charge in [-0.05, 0) is 37.1 Å². The number of piperidine rings is 1. The average molecular weight is 612 g/mol. The molecule has 0 bridgehead atoms. The van der Waals surface area contributed by atoms with Gasteiger partial charge in [0.25, 0.3) is 0 Å². The van der Waals surface area contributed by atoms with E-state index >= 15 is 4.39 Å². The summed E-state index contributed by atoms with van der Waals surface area (Å²) in [4.78, 5) is 30.7. The monoisotopic (exact) mass is 611 g/mol. The second-order valence-corrected chi connectivity index (χ2v) is 10.1. The molecule has 230 valence electrons. The first-order chi connectivity index (χ1) is 21.9. The fraction of sp³-hybridized carbons (Fsp3) is 0.226. The summed E-state index contributed by atoms with van der Waals surface area (Å²) in [7, 11) is 3.07. The third kappa shape index (κ3) is 6.44. The molecule has 5 aromatic rings. The molecular weight excluding hydrogens is 581 g/mol. The van der Waals surface area contributed by atoms with E-state index in [9.17, 15) is 4.79 Å². The highest BCUT2D eigenvalue weighted by atomic mass is 19.1. The van der Waals surface area contributed by atoms with Gasteiger partial charge in [-0.2, -0.15) is 4.98 Å². The van der Waals surface area contributed by atoms with Crippen molar-refractivity contribution in [2.24, 2.45) is 0 Å². The van der Waals surface area contributed by atoms with Crippen LogP contribution in [0, 0.1) is 5.82 Å². The predicted octanol–water partition coefficient (Wildman–Crippen LogP) is 4.89. The van der Waals surface area contributed by atoms with Crippen molar-refractivity contribution in [1.29, 1.82) is 0 Å². The van der Waals surface area contributed by atoms with Crippen LogP contribution < -0.4 is 24.8 Å². The Bertz CT molecular complexity index is 1860. The number of anilines is 3. The van der Waals surface area contributed by atoms with E-state index in [2.05, 4.69) is 42.2 Å². The Morgan fingerprint density at radius 2 is 1.89 bits per heavy atom. The van der Waals surface area contributed by atoms with Gasteiger partial charge in [0.05, 0.1) is 31.1 Å². The van der Waals surface area contributed by atoms with Crippen LogP contribution in [0.15, 0.2) is 73.8 Å². The third-order valence-corrected chi connectivity index (χ3v) is 7.31. The number of ether oxygens (including phenoxy) is 3. The molecule has 13 nitrogen and oxygen atoms in total. The van der Waals surface area contributed by atoms with E-state index in [1.807, 2.05) is 12.1 Å². The van der Waals surface area contributed by atoms with Gasteiger partial charge in [-0.3, -0.25) is 4.79 Å². The number of likely N-dealkylation sites (tertiary alicyclic amines) is 1. The second-order valence-electron chi connectivity index (χ2n) is 10.1. The van der Waals surface area contributed by atoms with Crippen molar-refractivity contribution in [2.45, 2.75) is 18.9 Å². The Morgan fingerprint density at radius 1 is 1.04 bits per heavy atom. The summed E-state index contributed by atoms with van der Waals surface area (Å²) in [6.45, 7) is 4.84. The first kappa shape index (κ1) is 29.3. The fourth-order valence-electron chi connectivity index (χ4n) is 5.01. The van der Waals surface area contributed by atoms with E-state index in [-0.39, 0.29) is 35.3 Å². The molecule has 3 aromatic heterocycles. The van der Waals surface area contributed by atoms with E-state index in [4.69, 9.17) is 14.2 Å². The lowest BCUT2D eigenvalue weighted by Crippen LogP contribution is -2.41. The van der Waals surface area contributed by atoms with Gasteiger partial charge in [-0.1, -0.05) is 6.58 Å². The smallest absolute Gasteiger partial charge is 0.318 e. The highest BCUT2D eigenvalue weighted by molar-refractivity contribution is 5.95. The number of halogens is 1. The largest absolute Gasteiger partial charge is 0.495 e. The van der Waals surface area contributed by atoms with Crippen LogP contribution in [-0.2, 0) is 4.79 Å². The van der Waals surface area contributed by atoms with Gasteiger partial charge in [0.15, 0.2) is 5.82 Å². The van der Waals surface area contributed by atoms with Crippen molar-refractivity contribution in [3.05, 3.63) is 79.7 Å². The zero-order chi connectivity index (χ0) is 31.3. The number of amides is 1. The maximum absolute atomic E-state index is 15.3. The van der Waals surface area contributed by atoms with E-state index in [0.29, 0.717) is 41.4 Å². The van der Waals surface area contributed by atoms with Crippen LogP contribution in [0.5, 0.6) is 23.4 Å². The SMILES string of the molecule is C=CC(=O)N1CCC(Nc2cc3c(Nc4ccc(Oc5ccn(-c6ccnc(OC)n6)n5)cc4F)ncnc3cc2OC)CC1. The summed E-state index contributed by atoms with van der Waals surface area (Å²) in [5, 5.41) is 11.6. The van der Waals surface area contributed by atoms with E-state index in [1.54, 1.807) is 48.7 Å². The third-order valence-electron chi connectivity index (χ3n) is 7.31. The first-order valence-electron chi connectivity index (χ1n) is 14.1. The van der Waals surface area contributed by atoms with E-state index < -0.39 is 5.82 Å². The van der Waals surface area contributed by atoms with Crippen LogP contribution >= 0.6 is 0 Å². The van der Waals surface area contributed by atoms with Crippen LogP contribution in [0.25, 0.3) is 16.7 Å². The molecule has 0 spiro atoms. The van der Waals surface area contributed by atoms with E-state index in [0.717, 1.165) is 18.5 Å². The molecule has 45 heavy (non-hydrogen) atoms. The van der Waals surface area contributed by atoms with E-state index in [1.165, 1.54) is 30.3 Å². The maximum Gasteiger partial charge on any atom is 0.318 e. The number of fused-ring (bicyclic) bond motifs is 1. The molecule has 0 unspecified atom stereocenters. The van der Waals surface area contributed by atoms with Crippen LogP contribution in [0.1, 0.15) is 12.8 Å². The molecule has 4 heterocycles. The lowest BCUT2D eigenvalue weighted by Gasteiger charge is -2.32. The molecule has 2 N–H and O–H groups in total. The molecule has 14 heteroatoms. The zero-order valence-corrected chi connectivity index (χ0v) is 24.6. The minimum Gasteiger partial charge on any atom is -0.495 e. The van der Waals surface area contributed by atoms with Gasteiger partial charge in [-0.15, -0.1) is 5.10 Å². The Balaban J connectivity index is 1.18. The van der Waals surface area contributed by atoms with Crippen LogP contribution in [-0.4, -0.2) is 73.9 Å². The molecule has 1 saturated heterocycles. The van der Waals surface area contributed by atoms with Crippen LogP contribution in [0.2, 0.25) is 0 Å². The topological polar surface area (TPSA) is 141 Å². The Hall–Kier alpha value is -5.79. The molecule has 1 aliphatic rings. The number of methoxy groups -OCH3 is 2. The number of benzene rings is 2. The number of aromatic nitrogens is 6. The number of rotatable bonds is 10. The molecular formula is C31H30FN9O4. The van der Waals surface area contributed by atoms with Gasteiger partial charge in [0.1, 0.15) is 29.5 Å². The standard InChI is InChI=1S/C31H30FN9O4/c1-4-29(42)40-12-8-19(9-13-40)36-25-16-21-24(17-26(25)43-2)34-18-35-30(21)37-23-6-5-20(15-22(23)32)45-28-10-14-41(39-28)27-7-11-33-31(38-27)44-3/h4-7,10-11,14-19,36H,1,8-9,12-13H2,2-3H3,(H,34,35,37). The molecule has 0 saturated carbocycles. The van der Waals surface area contributed by atoms with Crippen molar-refractivity contribution in [3.63, 3.8) is 0 Å². The van der Waals surface area contributed by atoms with Gasteiger partial charge in [0.2, 0.25) is 11.8 Å². The van der Waals surface area contributed by atoms with Gasteiger partial charge < -0.3 is 29.7 Å². The number of nitrogens with one attached hydrogen (secondary N) is 2. The summed E-state index contributed by atoms with van der Waals surface area (Å²) in [6.07, 6.45) is 7.50. The number of carbonyl (C=O) groups excluding carboxylic acids is 1. The molecule has 0 radical (unpaired) electrons. The first-order valence-corrected chi connectivity index (χ1v) is 14.1. The summed E-state index contributed by atoms with van der Waals surface area (Å²) in [5.41, 5.74) is 1.57. The molecule has 1 amide bonds. The van der Waals surface area contributed by atoms with Gasteiger partial charge >= 0.3 is 6.01 Å². The van der Waals surface area contributed by atoms with Crippen molar-refractivity contribution >= 4 is 34.0 Å². The predicted molar refractivity (Wildman–Crippen MR) is 165 cm³/mol. The summed E-state index contributed by atoms with van der Waals surface area (Å²) in [6, 6.07) is 11.8. The lowest BCUT2D eigenvalue weighted by atomic mass is 10.0. The number of hydrogen-bond donors (Lipinski definition) is 2. The molecule has 1 aliphatic heterocycles. The quantitative estimate of drug-likeness (QED) is 0.209. The fourth-order valence-corrected chi connectivity index (χ4v) is 5.01. The molecule has 0 aliphatic carbocycles. The Labute approximate surface area is 257 Å².